The number of rotatable bonds is 8. The van der Waals surface area contributed by atoms with Crippen LogP contribution in [0.25, 0.3) is 0 Å². The van der Waals surface area contributed by atoms with E-state index in [0.717, 1.165) is 12.8 Å². The van der Waals surface area contributed by atoms with E-state index in [1.54, 1.807) is 0 Å². The van der Waals surface area contributed by atoms with Crippen molar-refractivity contribution in [1.29, 1.82) is 0 Å². The summed E-state index contributed by atoms with van der Waals surface area (Å²) >= 11 is 0. The van der Waals surface area contributed by atoms with Crippen molar-refractivity contribution in [3.8, 4) is 0 Å². The fourth-order valence-corrected chi connectivity index (χ4v) is 0.906. The van der Waals surface area contributed by atoms with E-state index in [-0.39, 0.29) is 19.0 Å². The van der Waals surface area contributed by atoms with Gasteiger partial charge in [-0.15, -0.1) is 0 Å². The van der Waals surface area contributed by atoms with Crippen molar-refractivity contribution in [2.45, 2.75) is 65.2 Å². The second-order valence-corrected chi connectivity index (χ2v) is 3.70. The molecular weight excluding hydrogens is 222 g/mol. The van der Waals surface area contributed by atoms with Crippen LogP contribution in [0.1, 0.15) is 65.2 Å². The van der Waals surface area contributed by atoms with Gasteiger partial charge >= 0.3 is 11.9 Å². The molecule has 0 saturated carbocycles. The fraction of sp³-hybridized carbons (Fsp3) is 0.833. The van der Waals surface area contributed by atoms with Gasteiger partial charge in [-0.25, -0.2) is 0 Å². The summed E-state index contributed by atoms with van der Waals surface area (Å²) in [5.74, 6) is -1.57. The van der Waals surface area contributed by atoms with Crippen molar-refractivity contribution >= 4 is 11.9 Å². The van der Waals surface area contributed by atoms with Crippen LogP contribution in [0, 0.1) is 0 Å². The number of carbonyl (C=O) groups is 2. The Morgan fingerprint density at radius 1 is 0.765 bits per heavy atom. The molecule has 0 rings (SSSR count). The molecule has 5 heteroatoms. The normalized spacial score (nSPS) is 8.59. The van der Waals surface area contributed by atoms with E-state index < -0.39 is 11.9 Å². The summed E-state index contributed by atoms with van der Waals surface area (Å²) in [5, 5.41) is 16.5. The van der Waals surface area contributed by atoms with Crippen LogP contribution in [0.15, 0.2) is 0 Å². The monoisotopic (exact) mass is 249 g/mol. The Morgan fingerprint density at radius 3 is 1.24 bits per heavy atom. The first-order valence-electron chi connectivity index (χ1n) is 5.98. The average Bonchev–Trinajstić information content (AvgIpc) is 2.23. The molecule has 5 nitrogen and oxygen atoms in total. The molecule has 0 aromatic carbocycles. The smallest absolute Gasteiger partial charge is 0.303 e. The molecule has 0 aliphatic rings. The van der Waals surface area contributed by atoms with Gasteiger partial charge in [-0.05, 0) is 12.8 Å². The molecular formula is C12H27NO4. The molecule has 0 spiro atoms. The third kappa shape index (κ3) is 31.3. The third-order valence-corrected chi connectivity index (χ3v) is 2.03. The second-order valence-electron chi connectivity index (χ2n) is 3.70. The predicted octanol–water partition coefficient (Wildman–Crippen LogP) is 3.46. The first kappa shape index (κ1) is 21.2. The largest absolute Gasteiger partial charge is 0.481 e. The van der Waals surface area contributed by atoms with Crippen molar-refractivity contribution < 1.29 is 19.8 Å². The average molecular weight is 249 g/mol. The first-order chi connectivity index (χ1) is 7.54. The van der Waals surface area contributed by atoms with Gasteiger partial charge in [0.05, 0.1) is 0 Å². The molecule has 0 saturated heterocycles. The molecule has 104 valence electrons. The molecule has 0 aromatic rings. The zero-order valence-corrected chi connectivity index (χ0v) is 11.1. The molecule has 0 aliphatic carbocycles. The zero-order valence-electron chi connectivity index (χ0n) is 11.1. The van der Waals surface area contributed by atoms with Crippen LogP contribution in [0.3, 0.4) is 0 Å². The van der Waals surface area contributed by atoms with Crippen LogP contribution in [-0.4, -0.2) is 22.2 Å². The van der Waals surface area contributed by atoms with Gasteiger partial charge in [-0.1, -0.05) is 39.5 Å². The van der Waals surface area contributed by atoms with Crippen molar-refractivity contribution in [2.75, 3.05) is 0 Å². The van der Waals surface area contributed by atoms with Crippen molar-refractivity contribution in [3.05, 3.63) is 0 Å². The Balaban J connectivity index is -0.000000340. The van der Waals surface area contributed by atoms with Gasteiger partial charge in [0.25, 0.3) is 0 Å². The number of carboxylic acid groups (broad SMARTS) is 2. The van der Waals surface area contributed by atoms with Crippen LogP contribution in [0.5, 0.6) is 0 Å². The lowest BCUT2D eigenvalue weighted by Crippen LogP contribution is -1.95. The summed E-state index contributed by atoms with van der Waals surface area (Å²) in [6.45, 7) is 4.36. The van der Waals surface area contributed by atoms with E-state index in [2.05, 4.69) is 13.8 Å². The summed E-state index contributed by atoms with van der Waals surface area (Å²) < 4.78 is 0. The highest BCUT2D eigenvalue weighted by atomic mass is 16.4. The van der Waals surface area contributed by atoms with Crippen LogP contribution < -0.4 is 6.15 Å². The standard InChI is InChI=1S/C8H14O4.C4H10.H3N/c9-7(10)5-3-1-2-4-6-8(11)12;1-3-4-2;/h1-6H2,(H,9,10)(H,11,12);3-4H2,1-2H3;1H3. The molecule has 0 fully saturated rings. The molecule has 0 bridgehead atoms. The fourth-order valence-electron chi connectivity index (χ4n) is 0.906. The van der Waals surface area contributed by atoms with Crippen LogP contribution >= 0.6 is 0 Å². The van der Waals surface area contributed by atoms with Gasteiger partial charge in [0.15, 0.2) is 0 Å². The highest BCUT2D eigenvalue weighted by Crippen LogP contribution is 2.04. The van der Waals surface area contributed by atoms with E-state index in [9.17, 15) is 9.59 Å². The number of carboxylic acids is 2. The quantitative estimate of drug-likeness (QED) is 0.570. The number of aliphatic carboxylic acids is 2. The molecule has 5 N–H and O–H groups in total. The third-order valence-electron chi connectivity index (χ3n) is 2.03. The van der Waals surface area contributed by atoms with Crippen LogP contribution in [0.2, 0.25) is 0 Å². The van der Waals surface area contributed by atoms with Gasteiger partial charge < -0.3 is 16.4 Å². The molecule has 0 heterocycles. The number of hydrogen-bond acceptors (Lipinski definition) is 3. The molecule has 0 radical (unpaired) electrons. The summed E-state index contributed by atoms with van der Waals surface area (Å²) in [5.41, 5.74) is 0. The van der Waals surface area contributed by atoms with Crippen molar-refractivity contribution in [2.24, 2.45) is 0 Å². The maximum Gasteiger partial charge on any atom is 0.303 e. The Bertz CT molecular complexity index is 163. The summed E-state index contributed by atoms with van der Waals surface area (Å²) in [6.07, 6.45) is 5.92. The molecule has 0 unspecified atom stereocenters. The lowest BCUT2D eigenvalue weighted by Gasteiger charge is -1.96. The van der Waals surface area contributed by atoms with E-state index in [1.165, 1.54) is 12.8 Å². The molecule has 0 aromatic heterocycles. The highest BCUT2D eigenvalue weighted by Gasteiger charge is 1.98. The predicted molar refractivity (Wildman–Crippen MR) is 68.6 cm³/mol. The maximum absolute atomic E-state index is 10.0. The van der Waals surface area contributed by atoms with Gasteiger partial charge in [-0.3, -0.25) is 9.59 Å². The maximum atomic E-state index is 10.0. The van der Waals surface area contributed by atoms with E-state index >= 15 is 0 Å². The van der Waals surface area contributed by atoms with Crippen LogP contribution in [-0.2, 0) is 9.59 Å². The molecule has 0 aliphatic heterocycles. The highest BCUT2D eigenvalue weighted by molar-refractivity contribution is 5.66. The van der Waals surface area contributed by atoms with Gasteiger partial charge in [-0.2, -0.15) is 0 Å². The van der Waals surface area contributed by atoms with Crippen molar-refractivity contribution in [1.82, 2.24) is 6.15 Å². The lowest BCUT2D eigenvalue weighted by molar-refractivity contribution is -0.138. The number of unbranched alkanes of at least 4 members (excludes halogenated alkanes) is 4. The summed E-state index contributed by atoms with van der Waals surface area (Å²) in [6, 6.07) is 0. The minimum absolute atomic E-state index is 0. The first-order valence-corrected chi connectivity index (χ1v) is 5.98. The summed E-state index contributed by atoms with van der Waals surface area (Å²) in [7, 11) is 0. The topological polar surface area (TPSA) is 110 Å². The number of hydrogen-bond donors (Lipinski definition) is 3. The van der Waals surface area contributed by atoms with Gasteiger partial charge in [0.2, 0.25) is 0 Å². The van der Waals surface area contributed by atoms with E-state index in [4.69, 9.17) is 10.2 Å². The SMILES string of the molecule is CCCC.N.O=C(O)CCCCCCC(=O)O. The van der Waals surface area contributed by atoms with Gasteiger partial charge in [0, 0.05) is 12.8 Å². The minimum atomic E-state index is -0.784. The van der Waals surface area contributed by atoms with Crippen molar-refractivity contribution in [3.63, 3.8) is 0 Å². The minimum Gasteiger partial charge on any atom is -0.481 e. The van der Waals surface area contributed by atoms with Crippen LogP contribution in [0.4, 0.5) is 0 Å². The Morgan fingerprint density at radius 2 is 1.06 bits per heavy atom. The van der Waals surface area contributed by atoms with E-state index in [0.29, 0.717) is 12.8 Å². The lowest BCUT2D eigenvalue weighted by atomic mass is 10.1. The van der Waals surface area contributed by atoms with E-state index in [1.807, 2.05) is 0 Å². The Kier molecular flexibility index (Phi) is 21.6. The Hall–Kier alpha value is -1.10. The zero-order chi connectivity index (χ0) is 12.8. The second kappa shape index (κ2) is 17.3. The van der Waals surface area contributed by atoms with Gasteiger partial charge in [0.1, 0.15) is 0 Å². The Labute approximate surface area is 104 Å². The summed E-state index contributed by atoms with van der Waals surface area (Å²) in [4.78, 5) is 20.1. The molecule has 0 atom stereocenters. The molecule has 17 heavy (non-hydrogen) atoms. The molecule has 0 amide bonds.